The lowest BCUT2D eigenvalue weighted by Crippen LogP contribution is -2.39. The second-order valence-electron chi connectivity index (χ2n) is 5.51. The predicted octanol–water partition coefficient (Wildman–Crippen LogP) is 2.77. The Morgan fingerprint density at radius 1 is 1.19 bits per heavy atom. The largest absolute Gasteiger partial charge is 0.379 e. The number of benzene rings is 1. The average Bonchev–Trinajstić information content (AvgIpc) is 2.53. The molecule has 0 aliphatic carbocycles. The molecule has 2 N–H and O–H groups in total. The number of halogens is 3. The number of nitrogens with one attached hydrogen (secondary N) is 2. The van der Waals surface area contributed by atoms with Crippen LogP contribution in [-0.2, 0) is 21.0 Å². The van der Waals surface area contributed by atoms with Crippen molar-refractivity contribution in [1.29, 1.82) is 0 Å². The molecule has 0 fully saturated rings. The van der Waals surface area contributed by atoms with Crippen LogP contribution in [0.25, 0.3) is 0 Å². The Hall–Kier alpha value is -0.290. The van der Waals surface area contributed by atoms with Crippen LogP contribution in [0.5, 0.6) is 0 Å². The van der Waals surface area contributed by atoms with Gasteiger partial charge >= 0.3 is 0 Å². The second-order valence-corrected chi connectivity index (χ2v) is 8.61. The second kappa shape index (κ2) is 13.8. The molecule has 0 amide bonds. The third-order valence-corrected chi connectivity index (χ3v) is 4.79. The molecule has 0 bridgehead atoms. The normalized spacial score (nSPS) is 11.8. The van der Waals surface area contributed by atoms with Gasteiger partial charge in [0.05, 0.1) is 19.0 Å². The zero-order valence-corrected chi connectivity index (χ0v) is 19.6. The van der Waals surface area contributed by atoms with E-state index in [0.717, 1.165) is 24.9 Å². The van der Waals surface area contributed by atoms with Crippen molar-refractivity contribution in [2.75, 3.05) is 45.4 Å². The number of sulfone groups is 1. The van der Waals surface area contributed by atoms with Crippen LogP contribution >= 0.6 is 47.2 Å². The van der Waals surface area contributed by atoms with Crippen LogP contribution in [0.1, 0.15) is 12.0 Å². The number of guanidine groups is 1. The van der Waals surface area contributed by atoms with Crippen molar-refractivity contribution in [1.82, 2.24) is 10.6 Å². The molecule has 0 aliphatic rings. The Morgan fingerprint density at radius 3 is 2.50 bits per heavy atom. The quantitative estimate of drug-likeness (QED) is 0.208. The highest BCUT2D eigenvalue weighted by atomic mass is 127. The van der Waals surface area contributed by atoms with Crippen LogP contribution in [0.3, 0.4) is 0 Å². The first kappa shape index (κ1) is 25.7. The molecule has 150 valence electrons. The van der Waals surface area contributed by atoms with E-state index in [0.29, 0.717) is 29.2 Å². The fourth-order valence-electron chi connectivity index (χ4n) is 1.98. The van der Waals surface area contributed by atoms with Crippen LogP contribution in [0.2, 0.25) is 10.0 Å². The molecule has 1 rings (SSSR count). The van der Waals surface area contributed by atoms with Gasteiger partial charge in [0.25, 0.3) is 0 Å². The van der Waals surface area contributed by atoms with Crippen molar-refractivity contribution in [3.05, 3.63) is 33.8 Å². The van der Waals surface area contributed by atoms with E-state index in [1.54, 1.807) is 13.1 Å². The summed E-state index contributed by atoms with van der Waals surface area (Å²) in [6.07, 6.45) is 2.93. The number of rotatable bonds is 10. The maximum Gasteiger partial charge on any atom is 0.191 e. The molecule has 6 nitrogen and oxygen atoms in total. The van der Waals surface area contributed by atoms with Gasteiger partial charge in [-0.15, -0.1) is 24.0 Å². The molecular weight excluding hydrogens is 512 g/mol. The summed E-state index contributed by atoms with van der Waals surface area (Å²) in [5, 5.41) is 7.63. The highest BCUT2D eigenvalue weighted by Crippen LogP contribution is 2.21. The van der Waals surface area contributed by atoms with Gasteiger partial charge in [-0.3, -0.25) is 4.99 Å². The van der Waals surface area contributed by atoms with Gasteiger partial charge in [0.15, 0.2) is 5.96 Å². The van der Waals surface area contributed by atoms with Crippen LogP contribution in [0, 0.1) is 0 Å². The Balaban J connectivity index is 0.00000625. The Kier molecular flexibility index (Phi) is 13.7. The van der Waals surface area contributed by atoms with Crippen LogP contribution in [0.4, 0.5) is 0 Å². The zero-order chi connectivity index (χ0) is 18.7. The summed E-state index contributed by atoms with van der Waals surface area (Å²) < 4.78 is 27.2. The van der Waals surface area contributed by atoms with Crippen molar-refractivity contribution in [2.24, 2.45) is 4.99 Å². The highest BCUT2D eigenvalue weighted by Gasteiger charge is 2.03. The fraction of sp³-hybridized carbons (Fsp3) is 0.562. The molecule has 0 heterocycles. The first-order chi connectivity index (χ1) is 11.8. The Labute approximate surface area is 183 Å². The smallest absolute Gasteiger partial charge is 0.191 e. The molecule has 0 saturated heterocycles. The molecule has 0 aliphatic heterocycles. The summed E-state index contributed by atoms with van der Waals surface area (Å²) in [7, 11) is -1.28. The summed E-state index contributed by atoms with van der Waals surface area (Å²) in [5.74, 6) is 0.710. The SMILES string of the molecule is CN=C(NCCCc1ccc(Cl)cc1Cl)NCCOCCS(C)(=O)=O.I. The molecule has 0 atom stereocenters. The van der Waals surface area contributed by atoms with Crippen LogP contribution < -0.4 is 10.6 Å². The van der Waals surface area contributed by atoms with Gasteiger partial charge in [-0.25, -0.2) is 8.42 Å². The fourth-order valence-corrected chi connectivity index (χ4v) is 2.91. The van der Waals surface area contributed by atoms with Gasteiger partial charge in [-0.1, -0.05) is 29.3 Å². The van der Waals surface area contributed by atoms with Crippen molar-refractivity contribution < 1.29 is 13.2 Å². The summed E-state index contributed by atoms with van der Waals surface area (Å²) in [4.78, 5) is 4.12. The van der Waals surface area contributed by atoms with E-state index in [4.69, 9.17) is 27.9 Å². The van der Waals surface area contributed by atoms with E-state index >= 15 is 0 Å². The van der Waals surface area contributed by atoms with Gasteiger partial charge < -0.3 is 15.4 Å². The topological polar surface area (TPSA) is 79.8 Å². The predicted molar refractivity (Wildman–Crippen MR) is 120 cm³/mol. The molecular formula is C16H26Cl2IN3O3S. The molecule has 1 aromatic carbocycles. The number of hydrogen-bond acceptors (Lipinski definition) is 4. The van der Waals surface area contributed by atoms with Crippen molar-refractivity contribution in [2.45, 2.75) is 12.8 Å². The van der Waals surface area contributed by atoms with E-state index < -0.39 is 9.84 Å². The lowest BCUT2D eigenvalue weighted by Gasteiger charge is -2.12. The van der Waals surface area contributed by atoms with Gasteiger partial charge in [0.1, 0.15) is 9.84 Å². The molecule has 0 aromatic heterocycles. The molecule has 0 radical (unpaired) electrons. The molecule has 26 heavy (non-hydrogen) atoms. The number of aliphatic imine (C=N–C) groups is 1. The maximum atomic E-state index is 11.0. The lowest BCUT2D eigenvalue weighted by atomic mass is 10.1. The molecule has 0 unspecified atom stereocenters. The number of aryl methyl sites for hydroxylation is 1. The van der Waals surface area contributed by atoms with Crippen LogP contribution in [0.15, 0.2) is 23.2 Å². The summed E-state index contributed by atoms with van der Waals surface area (Å²) in [5.41, 5.74) is 1.06. The lowest BCUT2D eigenvalue weighted by molar-refractivity contribution is 0.154. The summed E-state index contributed by atoms with van der Waals surface area (Å²) in [6.45, 7) is 1.91. The first-order valence-corrected chi connectivity index (χ1v) is 10.8. The molecule has 1 aromatic rings. The van der Waals surface area contributed by atoms with Crippen LogP contribution in [-0.4, -0.2) is 59.7 Å². The third-order valence-electron chi connectivity index (χ3n) is 3.29. The van der Waals surface area contributed by atoms with E-state index in [2.05, 4.69) is 15.6 Å². The van der Waals surface area contributed by atoms with E-state index in [1.807, 2.05) is 12.1 Å². The van der Waals surface area contributed by atoms with E-state index in [1.165, 1.54) is 6.26 Å². The first-order valence-electron chi connectivity index (χ1n) is 7.96. The Bertz CT molecular complexity index is 673. The van der Waals surface area contributed by atoms with E-state index in [-0.39, 0.29) is 36.3 Å². The molecule has 0 spiro atoms. The van der Waals surface area contributed by atoms with Crippen molar-refractivity contribution in [3.8, 4) is 0 Å². The van der Waals surface area contributed by atoms with Gasteiger partial charge in [-0.05, 0) is 30.5 Å². The van der Waals surface area contributed by atoms with Crippen molar-refractivity contribution in [3.63, 3.8) is 0 Å². The molecule has 0 saturated carbocycles. The zero-order valence-electron chi connectivity index (χ0n) is 14.9. The van der Waals surface area contributed by atoms with Gasteiger partial charge in [0, 0.05) is 36.4 Å². The van der Waals surface area contributed by atoms with Gasteiger partial charge in [0.2, 0.25) is 0 Å². The minimum Gasteiger partial charge on any atom is -0.379 e. The average molecular weight is 538 g/mol. The monoisotopic (exact) mass is 537 g/mol. The standard InChI is InChI=1S/C16H25Cl2N3O3S.HI/c1-19-16(21-8-9-24-10-11-25(2,22)23)20-7-3-4-13-5-6-14(17)12-15(13)18;/h5-6,12H,3-4,7-11H2,1-2H3,(H2,19,20,21);1H. The van der Waals surface area contributed by atoms with E-state index in [9.17, 15) is 8.42 Å². The summed E-state index contributed by atoms with van der Waals surface area (Å²) in [6, 6.07) is 5.52. The highest BCUT2D eigenvalue weighted by molar-refractivity contribution is 14.0. The number of nitrogens with zero attached hydrogens (tertiary/aromatic N) is 1. The number of hydrogen-bond donors (Lipinski definition) is 2. The minimum atomic E-state index is -2.97. The Morgan fingerprint density at radius 2 is 1.88 bits per heavy atom. The molecule has 10 heteroatoms. The van der Waals surface area contributed by atoms with Gasteiger partial charge in [-0.2, -0.15) is 0 Å². The third kappa shape index (κ3) is 12.2. The summed E-state index contributed by atoms with van der Waals surface area (Å²) >= 11 is 12.0. The maximum absolute atomic E-state index is 11.0. The number of ether oxygens (including phenoxy) is 1. The minimum absolute atomic E-state index is 0. The van der Waals surface area contributed by atoms with Crippen molar-refractivity contribution >= 4 is 63.0 Å².